The number of aliphatic hydroxyl groups is 4. The van der Waals surface area contributed by atoms with E-state index in [0.717, 1.165) is 38.5 Å². The maximum absolute atomic E-state index is 12.6. The summed E-state index contributed by atoms with van der Waals surface area (Å²) >= 11 is 0. The Bertz CT molecular complexity index is 1020. The van der Waals surface area contributed by atoms with Crippen LogP contribution in [-0.2, 0) is 4.79 Å². The van der Waals surface area contributed by atoms with Crippen molar-refractivity contribution >= 4 is 5.91 Å². The van der Waals surface area contributed by atoms with Gasteiger partial charge >= 0.3 is 0 Å². The second-order valence-electron chi connectivity index (χ2n) is 21.0. The monoisotopic (exact) mass is 946 g/mol. The van der Waals surface area contributed by atoms with Gasteiger partial charge in [0.2, 0.25) is 5.91 Å². The van der Waals surface area contributed by atoms with Gasteiger partial charge in [-0.15, -0.1) is 0 Å². The van der Waals surface area contributed by atoms with Crippen LogP contribution in [0.4, 0.5) is 0 Å². The molecule has 0 saturated carbocycles. The first-order valence-electron chi connectivity index (χ1n) is 30.2. The smallest absolute Gasteiger partial charge is 0.249 e. The van der Waals surface area contributed by atoms with Crippen molar-refractivity contribution in [3.8, 4) is 0 Å². The Morgan fingerprint density at radius 1 is 0.358 bits per heavy atom. The first kappa shape index (κ1) is 65.8. The van der Waals surface area contributed by atoms with Gasteiger partial charge in [-0.1, -0.05) is 301 Å². The molecule has 6 nitrogen and oxygen atoms in total. The van der Waals surface area contributed by atoms with Gasteiger partial charge in [0.05, 0.1) is 18.8 Å². The highest BCUT2D eigenvalue weighted by atomic mass is 16.3. The summed E-state index contributed by atoms with van der Waals surface area (Å²) in [6, 6.07) is -1.01. The molecule has 0 radical (unpaired) electrons. The molecule has 4 atom stereocenters. The average Bonchev–Trinajstić information content (AvgIpc) is 3.33. The van der Waals surface area contributed by atoms with Gasteiger partial charge < -0.3 is 25.7 Å². The highest BCUT2D eigenvalue weighted by molar-refractivity contribution is 5.80. The van der Waals surface area contributed by atoms with E-state index in [1.165, 1.54) is 257 Å². The summed E-state index contributed by atoms with van der Waals surface area (Å²) in [5.41, 5.74) is 0. The Morgan fingerprint density at radius 3 is 0.940 bits per heavy atom. The Morgan fingerprint density at radius 2 is 0.627 bits per heavy atom. The lowest BCUT2D eigenvalue weighted by atomic mass is 10.00. The minimum Gasteiger partial charge on any atom is -0.394 e. The molecule has 4 unspecified atom stereocenters. The molecule has 0 spiro atoms. The summed E-state index contributed by atoms with van der Waals surface area (Å²) in [4.78, 5) is 12.6. The standard InChI is InChI=1S/C61H119NO5/c1-3-5-7-9-11-13-15-17-19-21-23-25-27-29-31-32-34-36-38-40-42-44-46-48-50-52-54-58(64)60(66)57(56-63)62-61(67)59(65)55-53-51-49-47-45-43-41-39-37-35-33-30-28-26-24-22-20-18-16-14-12-10-8-6-4-2/h38,40,46,48,57-60,63-66H,3-37,39,41-45,47,49-56H2,1-2H3,(H,62,67)/b40-38+,48-46+. The normalized spacial score (nSPS) is 13.8. The highest BCUT2D eigenvalue weighted by Gasteiger charge is 2.28. The number of allylic oxidation sites excluding steroid dienone is 4. The lowest BCUT2D eigenvalue weighted by molar-refractivity contribution is -0.132. The number of nitrogens with one attached hydrogen (secondary N) is 1. The molecule has 67 heavy (non-hydrogen) atoms. The summed E-state index contributed by atoms with van der Waals surface area (Å²) in [7, 11) is 0. The van der Waals surface area contributed by atoms with Crippen molar-refractivity contribution < 1.29 is 25.2 Å². The Balaban J connectivity index is 3.64. The number of carbonyl (C=O) groups excluding carboxylic acids is 1. The van der Waals surface area contributed by atoms with Crippen molar-refractivity contribution in [2.75, 3.05) is 6.61 Å². The molecule has 0 heterocycles. The molecule has 0 rings (SSSR count). The summed E-state index contributed by atoms with van der Waals surface area (Å²) in [6.07, 6.45) is 68.4. The Hall–Kier alpha value is -1.21. The first-order chi connectivity index (χ1) is 33.0. The molecule has 0 aliphatic heterocycles. The number of carbonyl (C=O) groups is 1. The fourth-order valence-electron chi connectivity index (χ4n) is 9.66. The number of hydrogen-bond donors (Lipinski definition) is 5. The number of unbranched alkanes of at least 4 members (excludes halogenated alkanes) is 43. The van der Waals surface area contributed by atoms with Crippen LogP contribution >= 0.6 is 0 Å². The molecular weight excluding hydrogens is 827 g/mol. The van der Waals surface area contributed by atoms with Crippen LogP contribution in [-0.4, -0.2) is 57.3 Å². The molecule has 1 amide bonds. The van der Waals surface area contributed by atoms with Gasteiger partial charge in [0, 0.05) is 0 Å². The molecule has 0 aliphatic rings. The average molecular weight is 947 g/mol. The molecule has 6 heteroatoms. The number of rotatable bonds is 56. The van der Waals surface area contributed by atoms with Gasteiger partial charge in [-0.3, -0.25) is 4.79 Å². The van der Waals surface area contributed by atoms with E-state index >= 15 is 0 Å². The molecule has 0 saturated heterocycles. The molecule has 0 aromatic carbocycles. The summed E-state index contributed by atoms with van der Waals surface area (Å²) < 4.78 is 0. The highest BCUT2D eigenvalue weighted by Crippen LogP contribution is 2.18. The summed E-state index contributed by atoms with van der Waals surface area (Å²) in [5.74, 6) is -0.591. The van der Waals surface area contributed by atoms with Gasteiger partial charge in [0.15, 0.2) is 0 Å². The molecule has 5 N–H and O–H groups in total. The van der Waals surface area contributed by atoms with Crippen molar-refractivity contribution in [2.24, 2.45) is 0 Å². The molecule has 0 fully saturated rings. The van der Waals surface area contributed by atoms with Gasteiger partial charge in [0.25, 0.3) is 0 Å². The Kier molecular flexibility index (Phi) is 54.7. The van der Waals surface area contributed by atoms with Crippen LogP contribution in [0, 0.1) is 0 Å². The van der Waals surface area contributed by atoms with Crippen molar-refractivity contribution in [1.29, 1.82) is 0 Å². The fraction of sp³-hybridized carbons (Fsp3) is 0.918. The lowest BCUT2D eigenvalue weighted by Gasteiger charge is -2.27. The lowest BCUT2D eigenvalue weighted by Crippen LogP contribution is -2.53. The third kappa shape index (κ3) is 49.6. The largest absolute Gasteiger partial charge is 0.394 e. The van der Waals surface area contributed by atoms with Crippen molar-refractivity contribution in [3.63, 3.8) is 0 Å². The Labute approximate surface area is 418 Å². The molecule has 0 bridgehead atoms. The van der Waals surface area contributed by atoms with Crippen molar-refractivity contribution in [3.05, 3.63) is 24.3 Å². The van der Waals surface area contributed by atoms with Crippen molar-refractivity contribution in [1.82, 2.24) is 5.32 Å². The molecule has 0 aromatic rings. The maximum Gasteiger partial charge on any atom is 0.249 e. The zero-order chi connectivity index (χ0) is 48.8. The summed E-state index contributed by atoms with van der Waals surface area (Å²) in [6.45, 7) is 4.09. The SMILES string of the molecule is CCCCCCCCCCCCCCCCCCC/C=C/CC/C=C/CCCC(O)C(O)C(CO)NC(=O)C(O)CCCCCCCCCCCCCCCCCCCCCCCCCCC. The van der Waals surface area contributed by atoms with Crippen LogP contribution in [0.3, 0.4) is 0 Å². The fourth-order valence-corrected chi connectivity index (χ4v) is 9.66. The summed E-state index contributed by atoms with van der Waals surface area (Å²) in [5, 5.41) is 44.0. The minimum absolute atomic E-state index is 0.365. The molecule has 0 aromatic heterocycles. The van der Waals surface area contributed by atoms with Gasteiger partial charge in [-0.2, -0.15) is 0 Å². The van der Waals surface area contributed by atoms with Crippen LogP contribution in [0.2, 0.25) is 0 Å². The van der Waals surface area contributed by atoms with E-state index in [2.05, 4.69) is 43.5 Å². The topological polar surface area (TPSA) is 110 Å². The third-order valence-electron chi connectivity index (χ3n) is 14.4. The minimum atomic E-state index is -1.29. The van der Waals surface area contributed by atoms with E-state index in [1.807, 2.05) is 0 Å². The quantitative estimate of drug-likeness (QED) is 0.0308. The van der Waals surface area contributed by atoms with E-state index in [-0.39, 0.29) is 0 Å². The molecule has 0 aliphatic carbocycles. The van der Waals surface area contributed by atoms with Crippen LogP contribution in [0.25, 0.3) is 0 Å². The zero-order valence-corrected chi connectivity index (χ0v) is 45.2. The van der Waals surface area contributed by atoms with E-state index in [4.69, 9.17) is 0 Å². The maximum atomic E-state index is 12.6. The predicted octanol–water partition coefficient (Wildman–Crippen LogP) is 17.8. The molecule has 398 valence electrons. The van der Waals surface area contributed by atoms with Crippen LogP contribution in [0.5, 0.6) is 0 Å². The second-order valence-corrected chi connectivity index (χ2v) is 21.0. The number of aliphatic hydroxyl groups excluding tert-OH is 4. The predicted molar refractivity (Wildman–Crippen MR) is 293 cm³/mol. The van der Waals surface area contributed by atoms with Gasteiger partial charge in [-0.25, -0.2) is 0 Å². The second kappa shape index (κ2) is 55.7. The van der Waals surface area contributed by atoms with E-state index in [1.54, 1.807) is 0 Å². The van der Waals surface area contributed by atoms with Gasteiger partial charge in [-0.05, 0) is 51.4 Å². The van der Waals surface area contributed by atoms with E-state index in [9.17, 15) is 25.2 Å². The van der Waals surface area contributed by atoms with Crippen LogP contribution < -0.4 is 5.32 Å². The van der Waals surface area contributed by atoms with Crippen molar-refractivity contribution in [2.45, 2.75) is 353 Å². The van der Waals surface area contributed by atoms with E-state index in [0.29, 0.717) is 19.3 Å². The number of amides is 1. The van der Waals surface area contributed by atoms with E-state index < -0.39 is 36.9 Å². The van der Waals surface area contributed by atoms with Crippen LogP contribution in [0.15, 0.2) is 24.3 Å². The number of hydrogen-bond acceptors (Lipinski definition) is 5. The molecular formula is C61H119NO5. The van der Waals surface area contributed by atoms with Crippen LogP contribution in [0.1, 0.15) is 328 Å². The third-order valence-corrected chi connectivity index (χ3v) is 14.4. The van der Waals surface area contributed by atoms with Gasteiger partial charge in [0.1, 0.15) is 12.2 Å². The first-order valence-corrected chi connectivity index (χ1v) is 30.2. The zero-order valence-electron chi connectivity index (χ0n) is 45.2.